The zero-order valence-electron chi connectivity index (χ0n) is 17.0. The molecule has 3 aliphatic rings. The van der Waals surface area contributed by atoms with Crippen LogP contribution in [0.5, 0.6) is 0 Å². The van der Waals surface area contributed by atoms with E-state index < -0.39 is 0 Å². The van der Waals surface area contributed by atoms with Gasteiger partial charge in [0.05, 0.1) is 6.04 Å². The second-order valence-electron chi connectivity index (χ2n) is 9.48. The van der Waals surface area contributed by atoms with Crippen molar-refractivity contribution in [2.45, 2.75) is 104 Å². The van der Waals surface area contributed by atoms with Gasteiger partial charge in [-0.15, -0.1) is 0 Å². The first-order valence-electron chi connectivity index (χ1n) is 11.4. The van der Waals surface area contributed by atoms with Crippen molar-refractivity contribution in [2.24, 2.45) is 34.6 Å². The van der Waals surface area contributed by atoms with Gasteiger partial charge in [0.15, 0.2) is 5.90 Å². The Labute approximate surface area is 156 Å². The van der Waals surface area contributed by atoms with Gasteiger partial charge in [0, 0.05) is 5.92 Å². The Hall–Kier alpha value is -0.530. The van der Waals surface area contributed by atoms with Crippen LogP contribution in [0.3, 0.4) is 0 Å². The highest BCUT2D eigenvalue weighted by Crippen LogP contribution is 2.43. The third-order valence-corrected chi connectivity index (χ3v) is 7.36. The van der Waals surface area contributed by atoms with Gasteiger partial charge in [-0.1, -0.05) is 59.3 Å². The molecule has 0 spiro atoms. The van der Waals surface area contributed by atoms with Crippen LogP contribution in [0.2, 0.25) is 0 Å². The van der Waals surface area contributed by atoms with Crippen molar-refractivity contribution in [3.05, 3.63) is 0 Å². The van der Waals surface area contributed by atoms with E-state index in [1.165, 1.54) is 77.0 Å². The molecule has 25 heavy (non-hydrogen) atoms. The van der Waals surface area contributed by atoms with Crippen LogP contribution < -0.4 is 0 Å². The number of nitrogens with zero attached hydrogens (tertiary/aromatic N) is 1. The molecule has 0 radical (unpaired) electrons. The molecule has 0 aromatic heterocycles. The summed E-state index contributed by atoms with van der Waals surface area (Å²) >= 11 is 0. The molecule has 2 nitrogen and oxygen atoms in total. The molecule has 144 valence electrons. The van der Waals surface area contributed by atoms with E-state index in [1.54, 1.807) is 0 Å². The van der Waals surface area contributed by atoms with Crippen LogP contribution in [0, 0.1) is 29.6 Å². The molecule has 0 amide bonds. The standard InChI is InChI=1S/C23H41NO/c1-4-5-6-7-18-8-10-19(11-9-18)20-12-14-21(15-13-20)23-24-22(16-25-23)17(2)3/h17-22H,4-16H2,1-3H3/t18?,19?,20?,21?,22-/m1/s1. The monoisotopic (exact) mass is 347 g/mol. The van der Waals surface area contributed by atoms with Crippen molar-refractivity contribution >= 4 is 5.90 Å². The fourth-order valence-corrected chi connectivity index (χ4v) is 5.44. The Morgan fingerprint density at radius 2 is 1.56 bits per heavy atom. The SMILES string of the molecule is CCCCCC1CCC(C2CCC(C3=N[C@@H](C(C)C)CO3)CC2)CC1. The van der Waals surface area contributed by atoms with Gasteiger partial charge in [-0.2, -0.15) is 0 Å². The normalized spacial score (nSPS) is 36.3. The van der Waals surface area contributed by atoms with Crippen LogP contribution >= 0.6 is 0 Å². The first-order chi connectivity index (χ1) is 12.2. The average molecular weight is 348 g/mol. The van der Waals surface area contributed by atoms with Gasteiger partial charge in [-0.3, -0.25) is 0 Å². The largest absolute Gasteiger partial charge is 0.478 e. The van der Waals surface area contributed by atoms with Gasteiger partial charge in [0.25, 0.3) is 0 Å². The second-order valence-corrected chi connectivity index (χ2v) is 9.48. The fraction of sp³-hybridized carbons (Fsp3) is 0.957. The highest BCUT2D eigenvalue weighted by molar-refractivity contribution is 5.80. The highest BCUT2D eigenvalue weighted by Gasteiger charge is 2.34. The van der Waals surface area contributed by atoms with E-state index in [0.717, 1.165) is 30.3 Å². The molecule has 1 aliphatic heterocycles. The molecule has 2 heteroatoms. The molecular weight excluding hydrogens is 306 g/mol. The first-order valence-corrected chi connectivity index (χ1v) is 11.4. The molecule has 1 heterocycles. The fourth-order valence-electron chi connectivity index (χ4n) is 5.44. The maximum atomic E-state index is 5.96. The van der Waals surface area contributed by atoms with Crippen molar-refractivity contribution in [2.75, 3.05) is 6.61 Å². The molecular formula is C23H41NO. The van der Waals surface area contributed by atoms with Gasteiger partial charge < -0.3 is 4.74 Å². The van der Waals surface area contributed by atoms with Crippen LogP contribution in [0.4, 0.5) is 0 Å². The number of hydrogen-bond donors (Lipinski definition) is 0. The lowest BCUT2D eigenvalue weighted by atomic mass is 9.68. The van der Waals surface area contributed by atoms with E-state index in [9.17, 15) is 0 Å². The smallest absolute Gasteiger partial charge is 0.186 e. The quantitative estimate of drug-likeness (QED) is 0.473. The number of rotatable bonds is 7. The van der Waals surface area contributed by atoms with E-state index in [4.69, 9.17) is 9.73 Å². The van der Waals surface area contributed by atoms with Crippen molar-refractivity contribution in [3.8, 4) is 0 Å². The van der Waals surface area contributed by atoms with Crippen LogP contribution in [-0.2, 0) is 4.74 Å². The Kier molecular flexibility index (Phi) is 7.25. The molecule has 0 bridgehead atoms. The van der Waals surface area contributed by atoms with E-state index in [0.29, 0.717) is 17.9 Å². The van der Waals surface area contributed by atoms with Crippen molar-refractivity contribution in [3.63, 3.8) is 0 Å². The van der Waals surface area contributed by atoms with Gasteiger partial charge in [0.1, 0.15) is 6.61 Å². The lowest BCUT2D eigenvalue weighted by molar-refractivity contribution is 0.149. The topological polar surface area (TPSA) is 21.6 Å². The van der Waals surface area contributed by atoms with Crippen LogP contribution in [-0.4, -0.2) is 18.5 Å². The zero-order chi connectivity index (χ0) is 17.6. The summed E-state index contributed by atoms with van der Waals surface area (Å²) in [6, 6.07) is 0.413. The summed E-state index contributed by atoms with van der Waals surface area (Å²) in [4.78, 5) is 4.89. The summed E-state index contributed by atoms with van der Waals surface area (Å²) < 4.78 is 5.96. The molecule has 0 aromatic rings. The molecule has 1 atom stereocenters. The number of ether oxygens (including phenoxy) is 1. The zero-order valence-corrected chi connectivity index (χ0v) is 17.0. The van der Waals surface area contributed by atoms with Crippen LogP contribution in [0.15, 0.2) is 4.99 Å². The van der Waals surface area contributed by atoms with Gasteiger partial charge >= 0.3 is 0 Å². The molecule has 2 saturated carbocycles. The molecule has 0 aromatic carbocycles. The molecule has 0 N–H and O–H groups in total. The molecule has 2 fully saturated rings. The van der Waals surface area contributed by atoms with E-state index in [1.807, 2.05) is 0 Å². The van der Waals surface area contributed by atoms with Gasteiger partial charge in [0.2, 0.25) is 0 Å². The lowest BCUT2D eigenvalue weighted by Gasteiger charge is -2.37. The second kappa shape index (κ2) is 9.42. The minimum absolute atomic E-state index is 0.413. The van der Waals surface area contributed by atoms with Gasteiger partial charge in [-0.05, 0) is 62.2 Å². The molecule has 3 rings (SSSR count). The highest BCUT2D eigenvalue weighted by atomic mass is 16.5. The van der Waals surface area contributed by atoms with Crippen molar-refractivity contribution in [1.82, 2.24) is 0 Å². The Morgan fingerprint density at radius 1 is 0.920 bits per heavy atom. The summed E-state index contributed by atoms with van der Waals surface area (Å²) in [6.07, 6.45) is 17.3. The average Bonchev–Trinajstić information content (AvgIpc) is 3.13. The number of hydrogen-bond acceptors (Lipinski definition) is 2. The van der Waals surface area contributed by atoms with Gasteiger partial charge in [-0.25, -0.2) is 4.99 Å². The molecule has 2 aliphatic carbocycles. The minimum Gasteiger partial charge on any atom is -0.478 e. The number of aliphatic imine (C=N–C) groups is 1. The van der Waals surface area contributed by atoms with Crippen LogP contribution in [0.25, 0.3) is 0 Å². The number of unbranched alkanes of at least 4 members (excludes halogenated alkanes) is 2. The summed E-state index contributed by atoms with van der Waals surface area (Å²) in [5.74, 6) is 5.42. The van der Waals surface area contributed by atoms with Crippen molar-refractivity contribution < 1.29 is 4.74 Å². The van der Waals surface area contributed by atoms with E-state index in [-0.39, 0.29) is 0 Å². The van der Waals surface area contributed by atoms with E-state index >= 15 is 0 Å². The molecule has 0 unspecified atom stereocenters. The Bertz CT molecular complexity index is 414. The first kappa shape index (κ1) is 19.2. The Morgan fingerprint density at radius 3 is 2.12 bits per heavy atom. The van der Waals surface area contributed by atoms with Crippen LogP contribution in [0.1, 0.15) is 97.8 Å². The summed E-state index contributed by atoms with van der Waals surface area (Å²) in [6.45, 7) is 7.67. The third kappa shape index (κ3) is 5.23. The maximum absolute atomic E-state index is 5.96. The predicted molar refractivity (Wildman–Crippen MR) is 107 cm³/mol. The summed E-state index contributed by atoms with van der Waals surface area (Å²) in [7, 11) is 0. The maximum Gasteiger partial charge on any atom is 0.186 e. The van der Waals surface area contributed by atoms with Crippen molar-refractivity contribution in [1.29, 1.82) is 0 Å². The minimum atomic E-state index is 0.413. The predicted octanol–water partition coefficient (Wildman–Crippen LogP) is 6.63. The Balaban J connectivity index is 1.38. The molecule has 0 saturated heterocycles. The third-order valence-electron chi connectivity index (χ3n) is 7.36. The lowest BCUT2D eigenvalue weighted by Crippen LogP contribution is -2.28. The summed E-state index contributed by atoms with van der Waals surface area (Å²) in [5.41, 5.74) is 0. The van der Waals surface area contributed by atoms with E-state index in [2.05, 4.69) is 20.8 Å². The summed E-state index contributed by atoms with van der Waals surface area (Å²) in [5, 5.41) is 0.